The summed E-state index contributed by atoms with van der Waals surface area (Å²) in [4.78, 5) is 9.59. The summed E-state index contributed by atoms with van der Waals surface area (Å²) in [5, 5.41) is 10.3. The van der Waals surface area contributed by atoms with Gasteiger partial charge in [0.15, 0.2) is 0 Å². The lowest BCUT2D eigenvalue weighted by Gasteiger charge is -2.04. The molecular formula is C28H22O4. The lowest BCUT2D eigenvalue weighted by atomic mass is 10.1. The molecule has 4 nitrogen and oxygen atoms in total. The van der Waals surface area contributed by atoms with Gasteiger partial charge in [0.05, 0.1) is 19.4 Å². The number of rotatable bonds is 4. The summed E-state index contributed by atoms with van der Waals surface area (Å²) in [6.07, 6.45) is 2.02. The first-order valence-corrected chi connectivity index (χ1v) is 9.90. The third-order valence-corrected chi connectivity index (χ3v) is 4.28. The number of carboxylic acid groups (broad SMARTS) is 1. The predicted molar refractivity (Wildman–Crippen MR) is 127 cm³/mol. The van der Waals surface area contributed by atoms with Gasteiger partial charge >= 0.3 is 5.97 Å². The maximum absolute atomic E-state index is 9.59. The molecule has 0 heterocycles. The molecule has 0 unspecified atom stereocenters. The number of hydrogen-bond acceptors (Lipinski definition) is 3. The Balaban J connectivity index is 0.000000360. The fourth-order valence-electron chi connectivity index (χ4n) is 2.77. The molecule has 0 aliphatic carbocycles. The van der Waals surface area contributed by atoms with E-state index in [-0.39, 0.29) is 0 Å². The highest BCUT2D eigenvalue weighted by Crippen LogP contribution is 2.21. The number of methoxy groups -OCH3 is 1. The molecule has 4 heteroatoms. The zero-order valence-corrected chi connectivity index (χ0v) is 17.6. The minimum Gasteiger partial charge on any atom is -0.504 e. The standard InChI is InChI=1S/C24H16O.C4H6O3/c1-2-8-23(9-3-1)25-24-16-13-19(14-17-24)10-11-20-12-15-21-6-4-5-7-22(21)18-20;1-7-3-2-4(5)6/h1-9,12-18H;2-3H,1H3,(H,5,6). The molecule has 0 aromatic heterocycles. The minimum atomic E-state index is -0.998. The Morgan fingerprint density at radius 1 is 0.750 bits per heavy atom. The molecular weight excluding hydrogens is 400 g/mol. The van der Waals surface area contributed by atoms with E-state index in [1.165, 1.54) is 17.9 Å². The molecule has 32 heavy (non-hydrogen) atoms. The van der Waals surface area contributed by atoms with Crippen molar-refractivity contribution in [3.05, 3.63) is 121 Å². The Kier molecular flexibility index (Phi) is 8.07. The molecule has 4 aromatic rings. The lowest BCUT2D eigenvalue weighted by Crippen LogP contribution is -1.85. The van der Waals surface area contributed by atoms with Crippen LogP contribution in [0.25, 0.3) is 10.8 Å². The lowest BCUT2D eigenvalue weighted by molar-refractivity contribution is -0.131. The largest absolute Gasteiger partial charge is 0.504 e. The number of benzene rings is 4. The van der Waals surface area contributed by atoms with E-state index in [1.807, 2.05) is 66.7 Å². The summed E-state index contributed by atoms with van der Waals surface area (Å²) in [6, 6.07) is 32.2. The van der Waals surface area contributed by atoms with Crippen molar-refractivity contribution in [3.8, 4) is 23.3 Å². The van der Waals surface area contributed by atoms with Crippen LogP contribution in [0.2, 0.25) is 0 Å². The van der Waals surface area contributed by atoms with Crippen LogP contribution in [0.3, 0.4) is 0 Å². The second-order valence-electron chi connectivity index (χ2n) is 6.63. The number of carbonyl (C=O) groups is 1. The van der Waals surface area contributed by atoms with Crippen molar-refractivity contribution in [2.75, 3.05) is 7.11 Å². The van der Waals surface area contributed by atoms with Crippen molar-refractivity contribution >= 4 is 16.7 Å². The number of fused-ring (bicyclic) bond motifs is 1. The van der Waals surface area contributed by atoms with Gasteiger partial charge in [0.2, 0.25) is 0 Å². The first-order valence-electron chi connectivity index (χ1n) is 9.90. The number of para-hydroxylation sites is 1. The maximum atomic E-state index is 9.59. The highest BCUT2D eigenvalue weighted by Gasteiger charge is 1.97. The zero-order chi connectivity index (χ0) is 22.6. The molecule has 0 atom stereocenters. The van der Waals surface area contributed by atoms with Crippen LogP contribution >= 0.6 is 0 Å². The van der Waals surface area contributed by atoms with E-state index in [2.05, 4.69) is 46.9 Å². The first-order chi connectivity index (χ1) is 15.6. The van der Waals surface area contributed by atoms with Gasteiger partial charge in [0, 0.05) is 11.1 Å². The summed E-state index contributed by atoms with van der Waals surface area (Å²) in [5.74, 6) is 7.08. The van der Waals surface area contributed by atoms with Gasteiger partial charge in [-0.2, -0.15) is 0 Å². The zero-order valence-electron chi connectivity index (χ0n) is 17.6. The van der Waals surface area contributed by atoms with Gasteiger partial charge in [0.1, 0.15) is 11.5 Å². The SMILES string of the molecule is C(#Cc1ccc2ccccc2c1)c1ccc(Oc2ccccc2)cc1.COC=CC(=O)O. The fraction of sp³-hybridized carbons (Fsp3) is 0.0357. The van der Waals surface area contributed by atoms with E-state index in [0.29, 0.717) is 0 Å². The molecule has 0 saturated carbocycles. The fourth-order valence-corrected chi connectivity index (χ4v) is 2.77. The Labute approximate surface area is 187 Å². The number of hydrogen-bond donors (Lipinski definition) is 1. The summed E-state index contributed by atoms with van der Waals surface area (Å²) in [7, 11) is 1.39. The van der Waals surface area contributed by atoms with Crippen LogP contribution in [0.5, 0.6) is 11.5 Å². The number of aliphatic carboxylic acids is 1. The Morgan fingerprint density at radius 2 is 1.34 bits per heavy atom. The molecule has 4 aromatic carbocycles. The average Bonchev–Trinajstić information content (AvgIpc) is 2.83. The van der Waals surface area contributed by atoms with Crippen molar-refractivity contribution < 1.29 is 19.4 Å². The van der Waals surface area contributed by atoms with Gasteiger partial charge < -0.3 is 14.6 Å². The average molecular weight is 422 g/mol. The normalized spacial score (nSPS) is 9.91. The smallest absolute Gasteiger partial charge is 0.331 e. The summed E-state index contributed by atoms with van der Waals surface area (Å²) in [6.45, 7) is 0. The summed E-state index contributed by atoms with van der Waals surface area (Å²) < 4.78 is 10.1. The third-order valence-electron chi connectivity index (χ3n) is 4.28. The molecule has 4 rings (SSSR count). The van der Waals surface area contributed by atoms with Gasteiger partial charge in [0.25, 0.3) is 0 Å². The van der Waals surface area contributed by atoms with Crippen molar-refractivity contribution in [2.24, 2.45) is 0 Å². The summed E-state index contributed by atoms with van der Waals surface area (Å²) in [5.41, 5.74) is 1.98. The maximum Gasteiger partial charge on any atom is 0.331 e. The van der Waals surface area contributed by atoms with Crippen molar-refractivity contribution in [1.29, 1.82) is 0 Å². The van der Waals surface area contributed by atoms with Crippen LogP contribution in [-0.2, 0) is 9.53 Å². The molecule has 158 valence electrons. The number of ether oxygens (including phenoxy) is 2. The Bertz CT molecular complexity index is 1250. The molecule has 0 fully saturated rings. The van der Waals surface area contributed by atoms with Crippen molar-refractivity contribution in [2.45, 2.75) is 0 Å². The van der Waals surface area contributed by atoms with Crippen LogP contribution in [0, 0.1) is 11.8 Å². The minimum absolute atomic E-state index is 0.808. The second kappa shape index (κ2) is 11.6. The Morgan fingerprint density at radius 3 is 2.00 bits per heavy atom. The predicted octanol–water partition coefficient (Wildman–Crippen LogP) is 6.26. The highest BCUT2D eigenvalue weighted by atomic mass is 16.5. The molecule has 1 N–H and O–H groups in total. The monoisotopic (exact) mass is 422 g/mol. The molecule has 0 aliphatic heterocycles. The second-order valence-corrected chi connectivity index (χ2v) is 6.63. The molecule has 0 spiro atoms. The Hall–Kier alpha value is -4.49. The van der Waals surface area contributed by atoms with Gasteiger partial charge in [-0.1, -0.05) is 60.4 Å². The van der Waals surface area contributed by atoms with Crippen LogP contribution in [0.15, 0.2) is 109 Å². The van der Waals surface area contributed by atoms with Crippen LogP contribution < -0.4 is 4.74 Å². The van der Waals surface area contributed by atoms with Crippen molar-refractivity contribution in [1.82, 2.24) is 0 Å². The highest BCUT2D eigenvalue weighted by molar-refractivity contribution is 5.83. The third kappa shape index (κ3) is 7.08. The van der Waals surface area contributed by atoms with Crippen LogP contribution in [-0.4, -0.2) is 18.2 Å². The van der Waals surface area contributed by atoms with E-state index in [0.717, 1.165) is 35.0 Å². The summed E-state index contributed by atoms with van der Waals surface area (Å²) >= 11 is 0. The van der Waals surface area contributed by atoms with E-state index >= 15 is 0 Å². The molecule has 0 bridgehead atoms. The molecule has 0 radical (unpaired) electrons. The van der Waals surface area contributed by atoms with Gasteiger partial charge in [-0.15, -0.1) is 0 Å². The van der Waals surface area contributed by atoms with Crippen LogP contribution in [0.1, 0.15) is 11.1 Å². The number of carboxylic acids is 1. The molecule has 0 amide bonds. The van der Waals surface area contributed by atoms with E-state index < -0.39 is 5.97 Å². The van der Waals surface area contributed by atoms with E-state index in [1.54, 1.807) is 0 Å². The van der Waals surface area contributed by atoms with E-state index in [4.69, 9.17) is 9.84 Å². The van der Waals surface area contributed by atoms with Gasteiger partial charge in [-0.3, -0.25) is 0 Å². The molecule has 0 saturated heterocycles. The van der Waals surface area contributed by atoms with Gasteiger partial charge in [-0.25, -0.2) is 4.79 Å². The topological polar surface area (TPSA) is 55.8 Å². The van der Waals surface area contributed by atoms with Crippen LogP contribution in [0.4, 0.5) is 0 Å². The first kappa shape index (κ1) is 22.2. The quantitative estimate of drug-likeness (QED) is 0.239. The molecule has 0 aliphatic rings. The van der Waals surface area contributed by atoms with Gasteiger partial charge in [-0.05, 0) is 59.3 Å². The van der Waals surface area contributed by atoms with Crippen molar-refractivity contribution in [3.63, 3.8) is 0 Å². The van der Waals surface area contributed by atoms with E-state index in [9.17, 15) is 4.79 Å².